The Kier molecular flexibility index (Phi) is 6.76. The van der Waals surface area contributed by atoms with Gasteiger partial charge in [-0.05, 0) is 36.4 Å². The average molecular weight is 383 g/mol. The van der Waals surface area contributed by atoms with Crippen molar-refractivity contribution in [3.63, 3.8) is 0 Å². The number of carbonyl (C=O) groups excluding carboxylic acids is 2. The molecule has 0 atom stereocenters. The van der Waals surface area contributed by atoms with Crippen molar-refractivity contribution >= 4 is 23.7 Å². The van der Waals surface area contributed by atoms with Gasteiger partial charge in [-0.2, -0.15) is 5.10 Å². The van der Waals surface area contributed by atoms with Crippen molar-refractivity contribution < 1.29 is 19.1 Å². The molecular weight excluding hydrogens is 358 g/mol. The van der Waals surface area contributed by atoms with E-state index in [4.69, 9.17) is 9.47 Å². The van der Waals surface area contributed by atoms with Crippen LogP contribution in [0, 0.1) is 5.41 Å². The molecule has 0 aliphatic rings. The van der Waals surface area contributed by atoms with Crippen LogP contribution in [0.2, 0.25) is 0 Å². The maximum atomic E-state index is 12.2. The van der Waals surface area contributed by atoms with Crippen LogP contribution in [0.15, 0.2) is 47.6 Å². The third-order valence-electron chi connectivity index (χ3n) is 3.90. The van der Waals surface area contributed by atoms with Gasteiger partial charge in [0.1, 0.15) is 11.5 Å². The van der Waals surface area contributed by atoms with Gasteiger partial charge in [0.2, 0.25) is 5.91 Å². The van der Waals surface area contributed by atoms with E-state index in [2.05, 4.69) is 15.8 Å². The summed E-state index contributed by atoms with van der Waals surface area (Å²) in [5.74, 6) is 0.785. The summed E-state index contributed by atoms with van der Waals surface area (Å²) < 4.78 is 10.4. The van der Waals surface area contributed by atoms with Crippen LogP contribution in [-0.2, 0) is 4.79 Å². The highest BCUT2D eigenvalue weighted by Crippen LogP contribution is 2.23. The zero-order valence-corrected chi connectivity index (χ0v) is 16.7. The van der Waals surface area contributed by atoms with Crippen LogP contribution in [0.3, 0.4) is 0 Å². The molecule has 0 bridgehead atoms. The third kappa shape index (κ3) is 5.57. The zero-order valence-electron chi connectivity index (χ0n) is 16.7. The average Bonchev–Trinajstić information content (AvgIpc) is 2.67. The Hall–Kier alpha value is -3.35. The monoisotopic (exact) mass is 383 g/mol. The van der Waals surface area contributed by atoms with Gasteiger partial charge in [0.15, 0.2) is 0 Å². The minimum absolute atomic E-state index is 0.0947. The molecule has 0 spiro atoms. The second-order valence-corrected chi connectivity index (χ2v) is 7.09. The number of methoxy groups -OCH3 is 2. The summed E-state index contributed by atoms with van der Waals surface area (Å²) in [4.78, 5) is 24.2. The van der Waals surface area contributed by atoms with E-state index < -0.39 is 5.41 Å². The summed E-state index contributed by atoms with van der Waals surface area (Å²) in [5.41, 5.74) is 3.72. The quantitative estimate of drug-likeness (QED) is 0.591. The second-order valence-electron chi connectivity index (χ2n) is 7.09. The maximum Gasteiger partial charge on any atom is 0.271 e. The number of amides is 2. The molecule has 7 heteroatoms. The Morgan fingerprint density at radius 2 is 1.68 bits per heavy atom. The van der Waals surface area contributed by atoms with E-state index in [9.17, 15) is 9.59 Å². The number of hydrazone groups is 1. The summed E-state index contributed by atoms with van der Waals surface area (Å²) in [7, 11) is 3.12. The summed E-state index contributed by atoms with van der Waals surface area (Å²) >= 11 is 0. The normalized spacial score (nSPS) is 11.2. The molecule has 7 nitrogen and oxygen atoms in total. The number of rotatable bonds is 6. The number of hydrogen-bond acceptors (Lipinski definition) is 5. The van der Waals surface area contributed by atoms with Crippen molar-refractivity contribution in [1.82, 2.24) is 5.43 Å². The van der Waals surface area contributed by atoms with Crippen LogP contribution in [0.5, 0.6) is 11.5 Å². The first-order chi connectivity index (χ1) is 13.2. The molecule has 0 saturated heterocycles. The Balaban J connectivity index is 2.00. The Morgan fingerprint density at radius 1 is 1.00 bits per heavy atom. The van der Waals surface area contributed by atoms with Crippen LogP contribution < -0.4 is 20.2 Å². The summed E-state index contributed by atoms with van der Waals surface area (Å²) in [6, 6.07) is 11.9. The topological polar surface area (TPSA) is 89.0 Å². The highest BCUT2D eigenvalue weighted by atomic mass is 16.5. The van der Waals surface area contributed by atoms with Crippen LogP contribution in [-0.4, -0.2) is 32.2 Å². The Labute approximate surface area is 164 Å². The van der Waals surface area contributed by atoms with Gasteiger partial charge in [-0.15, -0.1) is 0 Å². The van der Waals surface area contributed by atoms with Gasteiger partial charge >= 0.3 is 0 Å². The van der Waals surface area contributed by atoms with E-state index in [1.165, 1.54) is 6.21 Å². The van der Waals surface area contributed by atoms with Crippen molar-refractivity contribution in [1.29, 1.82) is 0 Å². The molecule has 0 fully saturated rings. The van der Waals surface area contributed by atoms with E-state index in [1.807, 2.05) is 20.8 Å². The molecule has 148 valence electrons. The standard InChI is InChI=1S/C21H25N3O4/c1-21(2,3)20(26)23-16-9-6-14(7-10-16)19(25)24-22-13-15-8-11-17(27-4)12-18(15)28-5/h6-13H,1-5H3,(H,23,26)(H,24,25)/b22-13-. The number of hydrogen-bond donors (Lipinski definition) is 2. The summed E-state index contributed by atoms with van der Waals surface area (Å²) in [6.45, 7) is 5.50. The van der Waals surface area contributed by atoms with E-state index in [0.717, 1.165) is 0 Å². The maximum absolute atomic E-state index is 12.2. The van der Waals surface area contributed by atoms with Gasteiger partial charge in [-0.1, -0.05) is 20.8 Å². The predicted octanol–water partition coefficient (Wildman–Crippen LogP) is 3.45. The van der Waals surface area contributed by atoms with Gasteiger partial charge in [-0.25, -0.2) is 5.43 Å². The van der Waals surface area contributed by atoms with E-state index in [-0.39, 0.29) is 11.8 Å². The van der Waals surface area contributed by atoms with E-state index >= 15 is 0 Å². The molecule has 0 aliphatic heterocycles. The first kappa shape index (κ1) is 21.0. The number of benzene rings is 2. The zero-order chi connectivity index (χ0) is 20.7. The summed E-state index contributed by atoms with van der Waals surface area (Å²) in [6.07, 6.45) is 1.49. The number of anilines is 1. The molecule has 2 N–H and O–H groups in total. The highest BCUT2D eigenvalue weighted by Gasteiger charge is 2.21. The van der Waals surface area contributed by atoms with Crippen molar-refractivity contribution in [2.75, 3.05) is 19.5 Å². The van der Waals surface area contributed by atoms with Crippen molar-refractivity contribution in [3.05, 3.63) is 53.6 Å². The number of nitrogens with zero attached hydrogens (tertiary/aromatic N) is 1. The lowest BCUT2D eigenvalue weighted by Gasteiger charge is -2.17. The Bertz CT molecular complexity index is 868. The number of carbonyl (C=O) groups is 2. The molecule has 28 heavy (non-hydrogen) atoms. The van der Waals surface area contributed by atoms with Crippen LogP contribution in [0.25, 0.3) is 0 Å². The van der Waals surface area contributed by atoms with Gasteiger partial charge < -0.3 is 14.8 Å². The lowest BCUT2D eigenvalue weighted by molar-refractivity contribution is -0.123. The first-order valence-electron chi connectivity index (χ1n) is 8.71. The second kappa shape index (κ2) is 9.03. The molecule has 2 amide bonds. The molecule has 2 aromatic rings. The van der Waals surface area contributed by atoms with Gasteiger partial charge in [0, 0.05) is 28.3 Å². The van der Waals surface area contributed by atoms with Crippen molar-refractivity contribution in [2.45, 2.75) is 20.8 Å². The first-order valence-corrected chi connectivity index (χ1v) is 8.71. The lowest BCUT2D eigenvalue weighted by atomic mass is 9.95. The van der Waals surface area contributed by atoms with E-state index in [1.54, 1.807) is 56.7 Å². The lowest BCUT2D eigenvalue weighted by Crippen LogP contribution is -2.27. The predicted molar refractivity (Wildman–Crippen MR) is 109 cm³/mol. The molecule has 0 radical (unpaired) electrons. The third-order valence-corrected chi connectivity index (χ3v) is 3.90. The number of ether oxygens (including phenoxy) is 2. The fourth-order valence-corrected chi connectivity index (χ4v) is 2.17. The van der Waals surface area contributed by atoms with Crippen molar-refractivity contribution in [2.24, 2.45) is 10.5 Å². The molecule has 0 aromatic heterocycles. The van der Waals surface area contributed by atoms with Crippen LogP contribution >= 0.6 is 0 Å². The molecular formula is C21H25N3O4. The number of nitrogens with one attached hydrogen (secondary N) is 2. The smallest absolute Gasteiger partial charge is 0.271 e. The largest absolute Gasteiger partial charge is 0.497 e. The van der Waals surface area contributed by atoms with Gasteiger partial charge in [0.25, 0.3) is 5.91 Å². The molecule has 2 aromatic carbocycles. The van der Waals surface area contributed by atoms with Crippen LogP contribution in [0.4, 0.5) is 5.69 Å². The minimum atomic E-state index is -0.493. The summed E-state index contributed by atoms with van der Waals surface area (Å²) in [5, 5.41) is 6.78. The van der Waals surface area contributed by atoms with Gasteiger partial charge in [-0.3, -0.25) is 9.59 Å². The molecule has 0 unspecified atom stereocenters. The Morgan fingerprint density at radius 3 is 2.25 bits per heavy atom. The van der Waals surface area contributed by atoms with E-state index in [0.29, 0.717) is 28.3 Å². The molecule has 0 heterocycles. The van der Waals surface area contributed by atoms with Crippen molar-refractivity contribution in [3.8, 4) is 11.5 Å². The molecule has 2 rings (SSSR count). The highest BCUT2D eigenvalue weighted by molar-refractivity contribution is 5.97. The fourth-order valence-electron chi connectivity index (χ4n) is 2.17. The minimum Gasteiger partial charge on any atom is -0.497 e. The van der Waals surface area contributed by atoms with Crippen LogP contribution in [0.1, 0.15) is 36.7 Å². The fraction of sp³-hybridized carbons (Fsp3) is 0.286. The SMILES string of the molecule is COc1ccc(/C=N\NC(=O)c2ccc(NC(=O)C(C)(C)C)cc2)c(OC)c1. The molecule has 0 saturated carbocycles. The molecule has 0 aliphatic carbocycles. The van der Waals surface area contributed by atoms with Gasteiger partial charge in [0.05, 0.1) is 20.4 Å².